The Balaban J connectivity index is 1.73. The van der Waals surface area contributed by atoms with Crippen molar-refractivity contribution >= 4 is 11.6 Å². The summed E-state index contributed by atoms with van der Waals surface area (Å²) in [6, 6.07) is 13.8. The Morgan fingerprint density at radius 3 is 2.27 bits per heavy atom. The van der Waals surface area contributed by atoms with E-state index >= 15 is 0 Å². The molecule has 188 valence electrons. The summed E-state index contributed by atoms with van der Waals surface area (Å²) >= 11 is 0. The third-order valence-corrected chi connectivity index (χ3v) is 6.50. The van der Waals surface area contributed by atoms with E-state index in [1.165, 1.54) is 12.3 Å². The Morgan fingerprint density at radius 1 is 0.892 bits per heavy atom. The number of pyridine rings is 1. The van der Waals surface area contributed by atoms with Gasteiger partial charge in [-0.15, -0.1) is 0 Å². The van der Waals surface area contributed by atoms with Crippen molar-refractivity contribution in [3.05, 3.63) is 107 Å². The van der Waals surface area contributed by atoms with Crippen LogP contribution in [0.3, 0.4) is 0 Å². The molecular weight excluding hydrogens is 494 g/mol. The van der Waals surface area contributed by atoms with Crippen LogP contribution in [0.4, 0.5) is 32.0 Å². The average Bonchev–Trinajstić information content (AvgIpc) is 3.07. The van der Waals surface area contributed by atoms with Crippen molar-refractivity contribution in [2.24, 2.45) is 0 Å². The van der Waals surface area contributed by atoms with Gasteiger partial charge in [0.25, 0.3) is 0 Å². The van der Waals surface area contributed by atoms with Gasteiger partial charge < -0.3 is 5.32 Å². The van der Waals surface area contributed by atoms with Crippen LogP contribution in [-0.4, -0.2) is 10.9 Å². The van der Waals surface area contributed by atoms with Crippen LogP contribution in [-0.2, 0) is 22.8 Å². The molecule has 37 heavy (non-hydrogen) atoms. The van der Waals surface area contributed by atoms with Crippen LogP contribution < -0.4 is 5.32 Å². The van der Waals surface area contributed by atoms with Crippen molar-refractivity contribution in [3.63, 3.8) is 0 Å². The molecule has 0 radical (unpaired) electrons. The van der Waals surface area contributed by atoms with E-state index in [-0.39, 0.29) is 23.1 Å². The number of nitrogens with zero attached hydrogens (tertiary/aromatic N) is 1. The molecule has 1 unspecified atom stereocenters. The van der Waals surface area contributed by atoms with Gasteiger partial charge in [0.1, 0.15) is 17.5 Å². The minimum Gasteiger partial charge on any atom is -0.324 e. The molecule has 4 aromatic rings. The van der Waals surface area contributed by atoms with Gasteiger partial charge in [-0.2, -0.15) is 13.2 Å². The molecule has 0 saturated carbocycles. The zero-order valence-electron chi connectivity index (χ0n) is 19.3. The quantitative estimate of drug-likeness (QED) is 0.292. The van der Waals surface area contributed by atoms with Crippen molar-refractivity contribution in [3.8, 4) is 22.4 Å². The summed E-state index contributed by atoms with van der Waals surface area (Å²) in [5, 5.41) is 2.82. The first-order valence-corrected chi connectivity index (χ1v) is 11.2. The molecule has 0 saturated heterocycles. The standard InChI is InChI=1S/C28H18F6N2O/c1-27(14-15-8-18(29)13-19(30)9-15)22-12-17(16-5-6-23(31)21(11-16)28(32,33)34)10-20(25(22)36-26(27)37)24-4-2-3-7-35-24/h2-13H,14H2,1H3,(H,36,37). The van der Waals surface area contributed by atoms with Crippen molar-refractivity contribution in [2.45, 2.75) is 24.9 Å². The molecule has 3 aromatic carbocycles. The van der Waals surface area contributed by atoms with Gasteiger partial charge in [0.05, 0.1) is 22.4 Å². The van der Waals surface area contributed by atoms with Crippen molar-refractivity contribution < 1.29 is 31.1 Å². The fourth-order valence-corrected chi connectivity index (χ4v) is 4.70. The Hall–Kier alpha value is -4.14. The maximum atomic E-state index is 14.0. The topological polar surface area (TPSA) is 42.0 Å². The van der Waals surface area contributed by atoms with Crippen LogP contribution in [0.5, 0.6) is 0 Å². The SMILES string of the molecule is CC1(Cc2cc(F)cc(F)c2)C(=O)Nc2c(-c3ccccn3)cc(-c3ccc(F)c(C(F)(F)F)c3)cc21. The lowest BCUT2D eigenvalue weighted by Crippen LogP contribution is -2.33. The highest BCUT2D eigenvalue weighted by Crippen LogP contribution is 2.47. The summed E-state index contributed by atoms with van der Waals surface area (Å²) in [7, 11) is 0. The molecule has 1 atom stereocenters. The van der Waals surface area contributed by atoms with Gasteiger partial charge in [-0.1, -0.05) is 12.1 Å². The number of carbonyl (C=O) groups is 1. The number of hydrogen-bond acceptors (Lipinski definition) is 2. The lowest BCUT2D eigenvalue weighted by molar-refractivity contribution is -0.140. The van der Waals surface area contributed by atoms with E-state index in [0.29, 0.717) is 28.6 Å². The molecule has 1 aliphatic heterocycles. The first kappa shape index (κ1) is 24.5. The zero-order valence-corrected chi connectivity index (χ0v) is 19.3. The van der Waals surface area contributed by atoms with Gasteiger partial charge in [0, 0.05) is 17.8 Å². The van der Waals surface area contributed by atoms with Gasteiger partial charge in [-0.25, -0.2) is 13.2 Å². The fraction of sp³-hybridized carbons (Fsp3) is 0.143. The maximum absolute atomic E-state index is 14.0. The van der Waals surface area contributed by atoms with E-state index in [4.69, 9.17) is 0 Å². The number of rotatable bonds is 4. The largest absolute Gasteiger partial charge is 0.419 e. The van der Waals surface area contributed by atoms with E-state index in [0.717, 1.165) is 24.3 Å². The van der Waals surface area contributed by atoms with Gasteiger partial charge in [-0.05, 0) is 84.1 Å². The zero-order chi connectivity index (χ0) is 26.5. The molecule has 9 heteroatoms. The Bertz CT molecular complexity index is 1510. The predicted molar refractivity (Wildman–Crippen MR) is 126 cm³/mol. The number of hydrogen-bond donors (Lipinski definition) is 1. The highest BCUT2D eigenvalue weighted by molar-refractivity contribution is 6.10. The minimum absolute atomic E-state index is 0.0761. The average molecular weight is 512 g/mol. The van der Waals surface area contributed by atoms with Gasteiger partial charge in [0.2, 0.25) is 5.91 Å². The van der Waals surface area contributed by atoms with Crippen LogP contribution in [0.1, 0.15) is 23.6 Å². The lowest BCUT2D eigenvalue weighted by Gasteiger charge is -2.23. The molecule has 5 rings (SSSR count). The van der Waals surface area contributed by atoms with Gasteiger partial charge in [0.15, 0.2) is 0 Å². The Labute approximate surface area is 207 Å². The molecule has 1 amide bonds. The van der Waals surface area contributed by atoms with E-state index < -0.39 is 40.5 Å². The number of aromatic nitrogens is 1. The van der Waals surface area contributed by atoms with E-state index in [1.807, 2.05) is 0 Å². The monoisotopic (exact) mass is 512 g/mol. The highest BCUT2D eigenvalue weighted by atomic mass is 19.4. The maximum Gasteiger partial charge on any atom is 0.419 e. The second-order valence-corrected chi connectivity index (χ2v) is 9.09. The minimum atomic E-state index is -4.91. The number of carbonyl (C=O) groups excluding carboxylic acids is 1. The summed E-state index contributed by atoms with van der Waals surface area (Å²) in [6.45, 7) is 1.59. The molecule has 0 bridgehead atoms. The van der Waals surface area contributed by atoms with Crippen LogP contribution >= 0.6 is 0 Å². The van der Waals surface area contributed by atoms with Crippen molar-refractivity contribution in [1.82, 2.24) is 4.98 Å². The first-order chi connectivity index (χ1) is 17.5. The molecule has 0 fully saturated rings. The summed E-state index contributed by atoms with van der Waals surface area (Å²) < 4.78 is 82.0. The highest BCUT2D eigenvalue weighted by Gasteiger charge is 2.44. The lowest BCUT2D eigenvalue weighted by atomic mass is 9.76. The number of alkyl halides is 3. The summed E-state index contributed by atoms with van der Waals surface area (Å²) in [4.78, 5) is 17.6. The van der Waals surface area contributed by atoms with Crippen molar-refractivity contribution in [1.29, 1.82) is 0 Å². The number of benzene rings is 3. The fourth-order valence-electron chi connectivity index (χ4n) is 4.70. The molecule has 2 heterocycles. The number of amides is 1. The van der Waals surface area contributed by atoms with E-state index in [9.17, 15) is 31.1 Å². The molecule has 0 aliphatic carbocycles. The Kier molecular flexibility index (Phi) is 5.81. The molecular formula is C28H18F6N2O. The summed E-state index contributed by atoms with van der Waals surface area (Å²) in [5.74, 6) is -3.45. The van der Waals surface area contributed by atoms with Crippen molar-refractivity contribution in [2.75, 3.05) is 5.32 Å². The first-order valence-electron chi connectivity index (χ1n) is 11.2. The number of fused-ring (bicyclic) bond motifs is 1. The third kappa shape index (κ3) is 4.45. The van der Waals surface area contributed by atoms with Crippen LogP contribution in [0, 0.1) is 17.5 Å². The molecule has 0 spiro atoms. The Morgan fingerprint density at radius 2 is 1.62 bits per heavy atom. The number of nitrogens with one attached hydrogen (secondary N) is 1. The second-order valence-electron chi connectivity index (χ2n) is 9.09. The molecule has 1 N–H and O–H groups in total. The van der Waals surface area contributed by atoms with Crippen LogP contribution in [0.25, 0.3) is 22.4 Å². The normalized spacial score (nSPS) is 17.0. The molecule has 3 nitrogen and oxygen atoms in total. The summed E-state index contributed by atoms with van der Waals surface area (Å²) in [6.07, 6.45) is -3.46. The van der Waals surface area contributed by atoms with Crippen LogP contribution in [0.2, 0.25) is 0 Å². The summed E-state index contributed by atoms with van der Waals surface area (Å²) in [5.41, 5.74) is -0.449. The van der Waals surface area contributed by atoms with E-state index in [1.54, 1.807) is 37.3 Å². The molecule has 1 aliphatic rings. The number of halogens is 6. The molecule has 1 aromatic heterocycles. The van der Waals surface area contributed by atoms with Gasteiger partial charge >= 0.3 is 6.18 Å². The smallest absolute Gasteiger partial charge is 0.324 e. The predicted octanol–water partition coefficient (Wildman–Crippen LogP) is 7.30. The van der Waals surface area contributed by atoms with Gasteiger partial charge in [-0.3, -0.25) is 9.78 Å². The second kappa shape index (κ2) is 8.76. The number of anilines is 1. The van der Waals surface area contributed by atoms with Crippen LogP contribution in [0.15, 0.2) is 72.9 Å². The third-order valence-electron chi connectivity index (χ3n) is 6.50. The van der Waals surface area contributed by atoms with E-state index in [2.05, 4.69) is 10.3 Å².